The van der Waals surface area contributed by atoms with E-state index in [1.54, 1.807) is 30.3 Å². The van der Waals surface area contributed by atoms with Crippen molar-refractivity contribution in [1.29, 1.82) is 5.26 Å². The molecule has 2 rings (SSSR count). The molecule has 0 aromatic heterocycles. The molecule has 0 heterocycles. The maximum Gasteiger partial charge on any atom is 0.257 e. The van der Waals surface area contributed by atoms with E-state index in [0.29, 0.717) is 27.0 Å². The molecule has 0 saturated carbocycles. The van der Waals surface area contributed by atoms with Crippen molar-refractivity contribution in [1.82, 2.24) is 0 Å². The van der Waals surface area contributed by atoms with E-state index in [9.17, 15) is 4.79 Å². The van der Waals surface area contributed by atoms with Crippen molar-refractivity contribution >= 4 is 33.2 Å². The van der Waals surface area contributed by atoms with E-state index < -0.39 is 0 Å². The highest BCUT2D eigenvalue weighted by Crippen LogP contribution is 2.25. The predicted octanol–water partition coefficient (Wildman–Crippen LogP) is 3.17. The second-order valence-electron chi connectivity index (χ2n) is 4.45. The van der Waals surface area contributed by atoms with Crippen LogP contribution in [0, 0.1) is 18.3 Å². The molecule has 0 aliphatic heterocycles. The van der Waals surface area contributed by atoms with Crippen molar-refractivity contribution in [3.8, 4) is 6.07 Å². The van der Waals surface area contributed by atoms with E-state index >= 15 is 0 Å². The Labute approximate surface area is 130 Å². The minimum absolute atomic E-state index is 0.284. The molecule has 0 fully saturated rings. The average molecular weight is 345 g/mol. The molecule has 106 valence electrons. The molecule has 0 atom stereocenters. The lowest BCUT2D eigenvalue weighted by molar-refractivity contribution is 0.102. The summed E-state index contributed by atoms with van der Waals surface area (Å²) in [5, 5.41) is 11.6. The highest BCUT2D eigenvalue weighted by atomic mass is 79.9. The van der Waals surface area contributed by atoms with Crippen LogP contribution in [0.15, 0.2) is 40.9 Å². The second-order valence-corrected chi connectivity index (χ2v) is 5.31. The largest absolute Gasteiger partial charge is 0.323 e. The lowest BCUT2D eigenvalue weighted by Gasteiger charge is -2.11. The summed E-state index contributed by atoms with van der Waals surface area (Å²) in [6, 6.07) is 12.3. The lowest BCUT2D eigenvalue weighted by Crippen LogP contribution is -2.17. The summed E-state index contributed by atoms with van der Waals surface area (Å²) in [5.41, 5.74) is 5.62. The third-order valence-corrected chi connectivity index (χ3v) is 3.58. The van der Waals surface area contributed by atoms with Crippen molar-refractivity contribution in [2.75, 3.05) is 10.7 Å². The van der Waals surface area contributed by atoms with Gasteiger partial charge in [-0.05, 0) is 58.7 Å². The van der Waals surface area contributed by atoms with Gasteiger partial charge >= 0.3 is 0 Å². The first kappa shape index (κ1) is 15.0. The number of nitrogens with one attached hydrogen (secondary N) is 2. The number of carbonyl (C=O) groups excluding carboxylic acids is 1. The van der Waals surface area contributed by atoms with Gasteiger partial charge in [-0.2, -0.15) is 5.26 Å². The van der Waals surface area contributed by atoms with Crippen LogP contribution in [-0.4, -0.2) is 5.91 Å². The Kier molecular flexibility index (Phi) is 4.58. The van der Waals surface area contributed by atoms with E-state index in [-0.39, 0.29) is 5.91 Å². The summed E-state index contributed by atoms with van der Waals surface area (Å²) in [6.45, 7) is 1.92. The summed E-state index contributed by atoms with van der Waals surface area (Å²) < 4.78 is 0.643. The van der Waals surface area contributed by atoms with Gasteiger partial charge in [-0.15, -0.1) is 0 Å². The molecule has 0 aliphatic rings. The molecule has 0 radical (unpaired) electrons. The van der Waals surface area contributed by atoms with E-state index in [4.69, 9.17) is 11.1 Å². The first-order valence-corrected chi connectivity index (χ1v) is 6.92. The number of amides is 1. The van der Waals surface area contributed by atoms with Crippen LogP contribution in [0.5, 0.6) is 0 Å². The number of rotatable bonds is 3. The number of nitrogens with two attached hydrogens (primary N) is 1. The fraction of sp³-hybridized carbons (Fsp3) is 0.0667. The number of nitrogens with zero attached hydrogens (tertiary/aromatic N) is 1. The Hall–Kier alpha value is -2.36. The van der Waals surface area contributed by atoms with Crippen LogP contribution in [0.25, 0.3) is 0 Å². The number of carbonyl (C=O) groups is 1. The van der Waals surface area contributed by atoms with Gasteiger partial charge in [0.05, 0.1) is 28.6 Å². The number of hydrogen-bond acceptors (Lipinski definition) is 4. The molecule has 5 nitrogen and oxygen atoms in total. The van der Waals surface area contributed by atoms with Crippen molar-refractivity contribution in [2.45, 2.75) is 6.92 Å². The molecule has 0 bridgehead atoms. The fourth-order valence-electron chi connectivity index (χ4n) is 1.85. The SMILES string of the molecule is Cc1ccc(C(=O)Nc2ccc(C#N)cc2Br)c(NN)c1. The fourth-order valence-corrected chi connectivity index (χ4v) is 2.33. The van der Waals surface area contributed by atoms with Crippen LogP contribution in [0.3, 0.4) is 0 Å². The summed E-state index contributed by atoms with van der Waals surface area (Å²) >= 11 is 3.33. The van der Waals surface area contributed by atoms with Gasteiger partial charge < -0.3 is 10.7 Å². The number of halogens is 1. The zero-order valence-corrected chi connectivity index (χ0v) is 12.9. The number of aryl methyl sites for hydroxylation is 1. The van der Waals surface area contributed by atoms with Crippen molar-refractivity contribution < 1.29 is 4.79 Å². The number of anilines is 2. The molecular formula is C15H13BrN4O. The van der Waals surface area contributed by atoms with E-state index in [1.165, 1.54) is 0 Å². The quantitative estimate of drug-likeness (QED) is 0.589. The van der Waals surface area contributed by atoms with Crippen LogP contribution in [0.2, 0.25) is 0 Å². The Morgan fingerprint density at radius 1 is 1.24 bits per heavy atom. The van der Waals surface area contributed by atoms with E-state index in [2.05, 4.69) is 26.7 Å². The smallest absolute Gasteiger partial charge is 0.257 e. The molecule has 21 heavy (non-hydrogen) atoms. The molecular weight excluding hydrogens is 332 g/mol. The summed E-state index contributed by atoms with van der Waals surface area (Å²) in [4.78, 5) is 12.3. The van der Waals surface area contributed by atoms with Crippen LogP contribution >= 0.6 is 15.9 Å². The van der Waals surface area contributed by atoms with Gasteiger partial charge in [-0.25, -0.2) is 0 Å². The third kappa shape index (κ3) is 3.40. The molecule has 0 unspecified atom stereocenters. The molecule has 2 aromatic rings. The minimum atomic E-state index is -0.284. The van der Waals surface area contributed by atoms with Crippen LogP contribution in [-0.2, 0) is 0 Å². The highest BCUT2D eigenvalue weighted by Gasteiger charge is 2.13. The van der Waals surface area contributed by atoms with Gasteiger partial charge in [-0.1, -0.05) is 6.07 Å². The van der Waals surface area contributed by atoms with Crippen LogP contribution < -0.4 is 16.6 Å². The number of hydrogen-bond donors (Lipinski definition) is 3. The average Bonchev–Trinajstić information content (AvgIpc) is 2.48. The Morgan fingerprint density at radius 3 is 2.62 bits per heavy atom. The van der Waals surface area contributed by atoms with E-state index in [1.807, 2.05) is 19.1 Å². The van der Waals surface area contributed by atoms with Gasteiger partial charge in [0, 0.05) is 4.47 Å². The molecule has 0 spiro atoms. The van der Waals surface area contributed by atoms with Gasteiger partial charge in [-0.3, -0.25) is 10.6 Å². The number of benzene rings is 2. The van der Waals surface area contributed by atoms with Gasteiger partial charge in [0.25, 0.3) is 5.91 Å². The summed E-state index contributed by atoms with van der Waals surface area (Å²) in [5.74, 6) is 5.16. The Balaban J connectivity index is 2.28. The molecule has 6 heteroatoms. The molecule has 0 aliphatic carbocycles. The van der Waals surface area contributed by atoms with E-state index in [0.717, 1.165) is 5.56 Å². The minimum Gasteiger partial charge on any atom is -0.323 e. The maximum absolute atomic E-state index is 12.3. The van der Waals surface area contributed by atoms with Crippen molar-refractivity contribution in [2.24, 2.45) is 5.84 Å². The van der Waals surface area contributed by atoms with Crippen LogP contribution in [0.4, 0.5) is 11.4 Å². The molecule has 1 amide bonds. The topological polar surface area (TPSA) is 90.9 Å². The van der Waals surface area contributed by atoms with Gasteiger partial charge in [0.1, 0.15) is 0 Å². The normalized spacial score (nSPS) is 9.81. The highest BCUT2D eigenvalue weighted by molar-refractivity contribution is 9.10. The number of nitriles is 1. The predicted molar refractivity (Wildman–Crippen MR) is 85.8 cm³/mol. The van der Waals surface area contributed by atoms with Crippen molar-refractivity contribution in [3.63, 3.8) is 0 Å². The second kappa shape index (κ2) is 6.39. The summed E-state index contributed by atoms with van der Waals surface area (Å²) in [6.07, 6.45) is 0. The molecule has 4 N–H and O–H groups in total. The third-order valence-electron chi connectivity index (χ3n) is 2.92. The number of nitrogen functional groups attached to an aromatic ring is 1. The van der Waals surface area contributed by atoms with Gasteiger partial charge in [0.15, 0.2) is 0 Å². The lowest BCUT2D eigenvalue weighted by atomic mass is 10.1. The first-order valence-electron chi connectivity index (χ1n) is 6.13. The number of hydrazine groups is 1. The van der Waals surface area contributed by atoms with Crippen LogP contribution in [0.1, 0.15) is 21.5 Å². The monoisotopic (exact) mass is 344 g/mol. The Morgan fingerprint density at radius 2 is 2.00 bits per heavy atom. The first-order chi connectivity index (χ1) is 10.0. The van der Waals surface area contributed by atoms with Gasteiger partial charge in [0.2, 0.25) is 0 Å². The standard InChI is InChI=1S/C15H13BrN4O/c1-9-2-4-11(14(6-9)20-18)15(21)19-13-5-3-10(8-17)7-12(13)16/h2-7,20H,18H2,1H3,(H,19,21). The maximum atomic E-state index is 12.3. The zero-order chi connectivity index (χ0) is 15.4. The molecule has 0 saturated heterocycles. The van der Waals surface area contributed by atoms with Crippen molar-refractivity contribution in [3.05, 3.63) is 57.6 Å². The molecule has 2 aromatic carbocycles. The Bertz CT molecular complexity index is 737. The summed E-state index contributed by atoms with van der Waals surface area (Å²) in [7, 11) is 0. The zero-order valence-electron chi connectivity index (χ0n) is 11.3.